The Morgan fingerprint density at radius 2 is 2.16 bits per heavy atom. The molecule has 2 aromatic rings. The van der Waals surface area contributed by atoms with E-state index < -0.39 is 36.9 Å². The van der Waals surface area contributed by atoms with Crippen LogP contribution in [0.3, 0.4) is 0 Å². The molecule has 0 unspecified atom stereocenters. The number of hydrogen-bond donors (Lipinski definition) is 4. The van der Waals surface area contributed by atoms with E-state index in [1.165, 1.54) is 4.01 Å². The second-order valence-electron chi connectivity index (χ2n) is 6.60. The lowest BCUT2D eigenvalue weighted by molar-refractivity contribution is -0.0852. The van der Waals surface area contributed by atoms with Crippen molar-refractivity contribution in [3.63, 3.8) is 0 Å². The van der Waals surface area contributed by atoms with Crippen LogP contribution in [0.5, 0.6) is 0 Å². The summed E-state index contributed by atoms with van der Waals surface area (Å²) in [5.74, 6) is 0.401. The van der Waals surface area contributed by atoms with Gasteiger partial charge in [0.2, 0.25) is 0 Å². The number of aromatic nitrogens is 3. The summed E-state index contributed by atoms with van der Waals surface area (Å²) < 4.78 is 43.1. The zero-order valence-corrected chi connectivity index (χ0v) is 19.0. The molecule has 0 fully saturated rings. The van der Waals surface area contributed by atoms with E-state index in [1.807, 2.05) is 13.0 Å². The molecule has 0 radical (unpaired) electrons. The Bertz CT molecular complexity index is 1230. The molecule has 7 nitrogen and oxygen atoms in total. The predicted molar refractivity (Wildman–Crippen MR) is 130 cm³/mol. The largest absolute Gasteiger partial charge is 0.416 e. The van der Waals surface area contributed by atoms with E-state index in [2.05, 4.69) is 30.6 Å². The number of nitrogens with zero attached hydrogens (tertiary/aromatic N) is 2. The summed E-state index contributed by atoms with van der Waals surface area (Å²) in [7, 11) is 0. The topological polar surface area (TPSA) is 109 Å². The van der Waals surface area contributed by atoms with Crippen LogP contribution in [0.4, 0.5) is 23.8 Å². The second-order valence-corrected chi connectivity index (χ2v) is 10.4. The third-order valence-corrected chi connectivity index (χ3v) is 7.75. The standard InChI is InChI=1S/C21H20F3IN6O/c1-13(19-17(12-28-31-19)15-7-9-27-18(26)10-15)4-3-5-14(2)29-20(32)30-25-8-6-16(11-25)21(22,23)24/h3-12H,2H2,1H3,(H2,26,27)(H,28,31)(H2,29,30,32)/b5-3-,13-4+. The fourth-order valence-electron chi connectivity index (χ4n) is 2.67. The molecule has 32 heavy (non-hydrogen) atoms. The van der Waals surface area contributed by atoms with Crippen molar-refractivity contribution in [3.8, 4) is 11.1 Å². The highest BCUT2D eigenvalue weighted by molar-refractivity contribution is 14.2. The van der Waals surface area contributed by atoms with Gasteiger partial charge in [0.15, 0.2) is 0 Å². The van der Waals surface area contributed by atoms with Crippen molar-refractivity contribution in [2.24, 2.45) is 0 Å². The third kappa shape index (κ3) is 6.09. The number of urea groups is 1. The molecule has 168 valence electrons. The summed E-state index contributed by atoms with van der Waals surface area (Å²) in [6, 6.07) is 2.98. The number of nitrogens with two attached hydrogens (primary N) is 1. The summed E-state index contributed by atoms with van der Waals surface area (Å²) in [6.07, 6.45) is 5.02. The third-order valence-electron chi connectivity index (χ3n) is 4.16. The first-order chi connectivity index (χ1) is 15.1. The molecule has 2 amide bonds. The molecule has 1 aliphatic heterocycles. The molecule has 2 aromatic heterocycles. The van der Waals surface area contributed by atoms with Gasteiger partial charge in [-0.1, -0.05) is 18.7 Å². The molecule has 3 heterocycles. The summed E-state index contributed by atoms with van der Waals surface area (Å²) in [4.78, 5) is 16.0. The minimum absolute atomic E-state index is 0.287. The number of amides is 2. The lowest BCUT2D eigenvalue weighted by Crippen LogP contribution is -2.29. The van der Waals surface area contributed by atoms with Crippen molar-refractivity contribution in [1.82, 2.24) is 24.0 Å². The van der Waals surface area contributed by atoms with E-state index in [0.717, 1.165) is 32.5 Å². The van der Waals surface area contributed by atoms with E-state index in [4.69, 9.17) is 5.73 Å². The van der Waals surface area contributed by atoms with Gasteiger partial charge >= 0.3 is 12.2 Å². The molecule has 1 aliphatic rings. The van der Waals surface area contributed by atoms with Gasteiger partial charge in [-0.3, -0.25) is 8.63 Å². The van der Waals surface area contributed by atoms with Gasteiger partial charge in [-0.25, -0.2) is 9.78 Å². The summed E-state index contributed by atoms with van der Waals surface area (Å²) in [5.41, 5.74) is 8.61. The van der Waals surface area contributed by atoms with Gasteiger partial charge in [0.05, 0.1) is 11.3 Å². The predicted octanol–water partition coefficient (Wildman–Crippen LogP) is 4.35. The highest BCUT2D eigenvalue weighted by Gasteiger charge is 2.32. The van der Waals surface area contributed by atoms with Gasteiger partial charge < -0.3 is 11.1 Å². The van der Waals surface area contributed by atoms with Gasteiger partial charge in [0.25, 0.3) is 0 Å². The molecule has 11 heteroatoms. The molecule has 0 aliphatic carbocycles. The normalized spacial score (nSPS) is 14.6. The number of aromatic amines is 1. The molecular weight excluding hydrogens is 536 g/mol. The van der Waals surface area contributed by atoms with E-state index in [-0.39, 0.29) is 5.70 Å². The summed E-state index contributed by atoms with van der Waals surface area (Å²) in [6.45, 7) is 5.61. The van der Waals surface area contributed by atoms with Crippen LogP contribution in [0.2, 0.25) is 0 Å². The lowest BCUT2D eigenvalue weighted by atomic mass is 10.0. The number of nitrogens with one attached hydrogen (secondary N) is 3. The van der Waals surface area contributed by atoms with Gasteiger partial charge in [-0.15, -0.1) is 0 Å². The van der Waals surface area contributed by atoms with Crippen LogP contribution in [-0.2, 0) is 0 Å². The Labute approximate surface area is 188 Å². The van der Waals surface area contributed by atoms with Crippen LogP contribution < -0.4 is 14.6 Å². The first kappa shape index (κ1) is 23.3. The molecule has 0 atom stereocenters. The highest BCUT2D eigenvalue weighted by Crippen LogP contribution is 2.29. The van der Waals surface area contributed by atoms with Crippen molar-refractivity contribution in [1.29, 1.82) is 0 Å². The van der Waals surface area contributed by atoms with Crippen molar-refractivity contribution in [2.45, 2.75) is 13.1 Å². The van der Waals surface area contributed by atoms with Crippen molar-refractivity contribution in [2.75, 3.05) is 5.73 Å². The molecule has 0 spiro atoms. The second kappa shape index (κ2) is 9.85. The Hall–Kier alpha value is -3.35. The quantitative estimate of drug-likeness (QED) is 0.241. The van der Waals surface area contributed by atoms with Crippen molar-refractivity contribution >= 4 is 44.6 Å². The number of pyridine rings is 1. The number of halogens is 4. The maximum Gasteiger partial charge on any atom is 0.416 e. The highest BCUT2D eigenvalue weighted by atomic mass is 127. The van der Waals surface area contributed by atoms with Crippen LogP contribution in [0.15, 0.2) is 66.7 Å². The van der Waals surface area contributed by atoms with Gasteiger partial charge in [-0.05, 0) is 69.5 Å². The fourth-order valence-corrected chi connectivity index (χ4v) is 5.98. The van der Waals surface area contributed by atoms with E-state index in [9.17, 15) is 18.0 Å². The molecule has 5 N–H and O–H groups in total. The van der Waals surface area contributed by atoms with Crippen LogP contribution in [-0.4, -0.2) is 35.4 Å². The van der Waals surface area contributed by atoms with Crippen LogP contribution >= 0.6 is 19.1 Å². The van der Waals surface area contributed by atoms with Gasteiger partial charge in [0, 0.05) is 23.7 Å². The monoisotopic (exact) mass is 556 g/mol. The number of allylic oxidation sites excluding steroid dienone is 6. The lowest BCUT2D eigenvalue weighted by Gasteiger charge is -2.06. The van der Waals surface area contributed by atoms with E-state index >= 15 is 0 Å². The minimum Gasteiger partial charge on any atom is -0.384 e. The Morgan fingerprint density at radius 1 is 1.38 bits per heavy atom. The summed E-state index contributed by atoms with van der Waals surface area (Å²) in [5, 5.41) is 9.61. The smallest absolute Gasteiger partial charge is 0.384 e. The van der Waals surface area contributed by atoms with Crippen LogP contribution in [0, 0.1) is 0 Å². The zero-order valence-electron chi connectivity index (χ0n) is 16.9. The number of carbonyl (C=O) groups is 1. The van der Waals surface area contributed by atoms with Crippen LogP contribution in [0.25, 0.3) is 16.7 Å². The molecular formula is C21H20F3IN6O. The minimum atomic E-state index is -4.41. The first-order valence-corrected chi connectivity index (χ1v) is 12.7. The van der Waals surface area contributed by atoms with Gasteiger partial charge in [-0.2, -0.15) is 18.3 Å². The average molecular weight is 556 g/mol. The first-order valence-electron chi connectivity index (χ1n) is 9.15. The zero-order chi connectivity index (χ0) is 23.3. The average Bonchev–Trinajstić information content (AvgIpc) is 3.37. The molecule has 3 rings (SSSR count). The van der Waals surface area contributed by atoms with Crippen LogP contribution in [0.1, 0.15) is 12.6 Å². The van der Waals surface area contributed by atoms with E-state index in [1.54, 1.807) is 36.7 Å². The molecule has 0 aromatic carbocycles. The molecule has 0 bridgehead atoms. The Kier molecular flexibility index (Phi) is 7.18. The summed E-state index contributed by atoms with van der Waals surface area (Å²) >= 11 is -2.49. The van der Waals surface area contributed by atoms with Crippen molar-refractivity contribution in [3.05, 3.63) is 72.4 Å². The number of nitrogen functional groups attached to an aromatic ring is 1. The van der Waals surface area contributed by atoms with Gasteiger partial charge in [0.1, 0.15) is 5.82 Å². The number of H-pyrrole nitrogens is 1. The molecule has 0 saturated carbocycles. The maximum absolute atomic E-state index is 12.7. The number of hydrogen-bond acceptors (Lipinski definition) is 4. The number of rotatable bonds is 6. The number of alkyl halides is 3. The number of carbonyl (C=O) groups excluding carboxylic acids is 1. The van der Waals surface area contributed by atoms with E-state index in [0.29, 0.717) is 5.82 Å². The Morgan fingerprint density at radius 3 is 2.84 bits per heavy atom. The maximum atomic E-state index is 12.7. The SMILES string of the molecule is C=C(/C=C\C=C(/C)c1n[nH]cc1-c1ccnc(N)c1)NC(=O)NI1=CC=C(C(F)(F)F)C=1. The Balaban J connectivity index is 1.59. The number of anilines is 1. The van der Waals surface area contributed by atoms with Crippen molar-refractivity contribution < 1.29 is 18.0 Å². The molecule has 0 saturated heterocycles. The fraction of sp³-hybridized carbons (Fsp3) is 0.0952.